The minimum Gasteiger partial charge on any atom is -0.301 e. The number of nitrogens with zero attached hydrogens (tertiary/aromatic N) is 1. The molecule has 1 atom stereocenters. The molecule has 2 aliphatic rings. The fraction of sp³-hybridized carbons (Fsp3) is 0.273. The van der Waals surface area contributed by atoms with Crippen LogP contribution in [0.4, 0.5) is 5.69 Å². The van der Waals surface area contributed by atoms with Crippen LogP contribution in [0, 0.1) is 0 Å². The van der Waals surface area contributed by atoms with Crippen molar-refractivity contribution in [2.45, 2.75) is 18.9 Å². The molecule has 0 aromatic heterocycles. The molecule has 2 heterocycles. The van der Waals surface area contributed by atoms with Crippen molar-refractivity contribution in [3.8, 4) is 0 Å². The highest BCUT2D eigenvalue weighted by molar-refractivity contribution is 6.19. The van der Waals surface area contributed by atoms with E-state index in [1.165, 1.54) is 0 Å². The van der Waals surface area contributed by atoms with Crippen molar-refractivity contribution < 1.29 is 9.59 Å². The number of rotatable bonds is 0. The summed E-state index contributed by atoms with van der Waals surface area (Å²) in [6.45, 7) is 0. The van der Waals surface area contributed by atoms with Gasteiger partial charge in [-0.3, -0.25) is 9.59 Å². The zero-order chi connectivity index (χ0) is 9.71. The van der Waals surface area contributed by atoms with Crippen LogP contribution in [-0.4, -0.2) is 17.7 Å². The Balaban J connectivity index is 2.22. The fourth-order valence-corrected chi connectivity index (χ4v) is 2.31. The number of ketones is 1. The zero-order valence-corrected chi connectivity index (χ0v) is 7.56. The highest BCUT2D eigenvalue weighted by atomic mass is 16.2. The number of amides is 1. The normalized spacial score (nSPS) is 24.0. The number of hydrogen-bond donors (Lipinski definition) is 0. The summed E-state index contributed by atoms with van der Waals surface area (Å²) < 4.78 is 0. The van der Waals surface area contributed by atoms with Crippen LogP contribution in [0.3, 0.4) is 0 Å². The molecule has 3 rings (SSSR count). The van der Waals surface area contributed by atoms with Gasteiger partial charge in [-0.1, -0.05) is 12.1 Å². The van der Waals surface area contributed by atoms with Gasteiger partial charge in [0.15, 0.2) is 5.78 Å². The molecule has 3 heteroatoms. The predicted octanol–water partition coefficient (Wildman–Crippen LogP) is 1.38. The van der Waals surface area contributed by atoms with E-state index in [2.05, 4.69) is 0 Å². The van der Waals surface area contributed by atoms with Gasteiger partial charge in [0.05, 0.1) is 5.69 Å². The van der Waals surface area contributed by atoms with Gasteiger partial charge in [-0.2, -0.15) is 0 Å². The van der Waals surface area contributed by atoms with Crippen LogP contribution in [0.2, 0.25) is 0 Å². The topological polar surface area (TPSA) is 37.4 Å². The molecule has 3 nitrogen and oxygen atoms in total. The van der Waals surface area contributed by atoms with Crippen LogP contribution in [0.25, 0.3) is 0 Å². The average Bonchev–Trinajstić information content (AvgIpc) is 2.70. The molecule has 1 aromatic carbocycles. The molecule has 2 aliphatic heterocycles. The molecule has 0 N–H and O–H groups in total. The maximum Gasteiger partial charge on any atom is 0.227 e. The predicted molar refractivity (Wildman–Crippen MR) is 51.3 cm³/mol. The van der Waals surface area contributed by atoms with Crippen molar-refractivity contribution in [3.63, 3.8) is 0 Å². The van der Waals surface area contributed by atoms with Gasteiger partial charge in [-0.05, 0) is 18.6 Å². The van der Waals surface area contributed by atoms with E-state index in [0.29, 0.717) is 18.4 Å². The number of benzene rings is 1. The summed E-state index contributed by atoms with van der Waals surface area (Å²) in [6, 6.07) is 7.13. The van der Waals surface area contributed by atoms with Gasteiger partial charge in [0, 0.05) is 12.0 Å². The van der Waals surface area contributed by atoms with E-state index in [9.17, 15) is 9.59 Å². The molecule has 1 aromatic rings. The maximum absolute atomic E-state index is 11.8. The number of para-hydroxylation sites is 1. The fourth-order valence-electron chi connectivity index (χ4n) is 2.31. The van der Waals surface area contributed by atoms with Crippen molar-refractivity contribution >= 4 is 17.4 Å². The second kappa shape index (κ2) is 2.44. The minimum absolute atomic E-state index is 0.0771. The highest BCUT2D eigenvalue weighted by Gasteiger charge is 2.44. The number of hydrogen-bond acceptors (Lipinski definition) is 2. The van der Waals surface area contributed by atoms with Crippen LogP contribution in [0.5, 0.6) is 0 Å². The zero-order valence-electron chi connectivity index (χ0n) is 7.56. The summed E-state index contributed by atoms with van der Waals surface area (Å²) >= 11 is 0. The average molecular weight is 187 g/mol. The van der Waals surface area contributed by atoms with Crippen molar-refractivity contribution in [1.82, 2.24) is 0 Å². The van der Waals surface area contributed by atoms with Gasteiger partial charge >= 0.3 is 0 Å². The van der Waals surface area contributed by atoms with Crippen LogP contribution in [0.1, 0.15) is 23.2 Å². The summed E-state index contributed by atoms with van der Waals surface area (Å²) in [5, 5.41) is 0. The molecule has 0 radical (unpaired) electrons. The maximum atomic E-state index is 11.8. The molecule has 1 amide bonds. The monoisotopic (exact) mass is 187 g/mol. The Morgan fingerprint density at radius 2 is 2.00 bits per heavy atom. The lowest BCUT2D eigenvalue weighted by Gasteiger charge is -2.14. The largest absolute Gasteiger partial charge is 0.301 e. The molecule has 70 valence electrons. The van der Waals surface area contributed by atoms with Gasteiger partial charge in [0.25, 0.3) is 0 Å². The summed E-state index contributed by atoms with van der Waals surface area (Å²) in [4.78, 5) is 25.0. The highest BCUT2D eigenvalue weighted by Crippen LogP contribution is 2.37. The Morgan fingerprint density at radius 1 is 1.21 bits per heavy atom. The number of carbonyl (C=O) groups is 2. The molecule has 14 heavy (non-hydrogen) atoms. The Morgan fingerprint density at radius 3 is 2.86 bits per heavy atom. The summed E-state index contributed by atoms with van der Waals surface area (Å²) in [6.07, 6.45) is 1.18. The van der Waals surface area contributed by atoms with Gasteiger partial charge in [0.2, 0.25) is 5.91 Å². The van der Waals surface area contributed by atoms with E-state index >= 15 is 0 Å². The van der Waals surface area contributed by atoms with Crippen LogP contribution >= 0.6 is 0 Å². The van der Waals surface area contributed by atoms with Crippen molar-refractivity contribution in [2.24, 2.45) is 0 Å². The molecular weight excluding hydrogens is 178 g/mol. The molecule has 0 spiro atoms. The Bertz CT molecular complexity index is 439. The molecule has 0 bridgehead atoms. The lowest BCUT2D eigenvalue weighted by atomic mass is 10.1. The first-order chi connectivity index (χ1) is 6.79. The van der Waals surface area contributed by atoms with Gasteiger partial charge < -0.3 is 4.90 Å². The first-order valence-corrected chi connectivity index (χ1v) is 4.74. The standard InChI is InChI=1S/C11H9NO2/c13-10-6-5-9-11(14)7-3-1-2-4-8(7)12(9)10/h1-4,9H,5-6H2. The van der Waals surface area contributed by atoms with Gasteiger partial charge in [-0.15, -0.1) is 0 Å². The van der Waals surface area contributed by atoms with E-state index in [1.807, 2.05) is 18.2 Å². The van der Waals surface area contributed by atoms with Crippen molar-refractivity contribution in [2.75, 3.05) is 4.90 Å². The minimum atomic E-state index is -0.208. The number of carbonyl (C=O) groups excluding carboxylic acids is 2. The third-order valence-electron chi connectivity index (χ3n) is 2.94. The smallest absolute Gasteiger partial charge is 0.227 e. The van der Waals surface area contributed by atoms with E-state index in [0.717, 1.165) is 5.69 Å². The van der Waals surface area contributed by atoms with Crippen LogP contribution < -0.4 is 4.90 Å². The SMILES string of the molecule is O=C1c2ccccc2N2C(=O)CCC12. The first-order valence-electron chi connectivity index (χ1n) is 4.74. The van der Waals surface area contributed by atoms with E-state index in [4.69, 9.17) is 0 Å². The third kappa shape index (κ3) is 0.769. The first kappa shape index (κ1) is 7.74. The Kier molecular flexibility index (Phi) is 1.35. The lowest BCUT2D eigenvalue weighted by Crippen LogP contribution is -2.31. The molecule has 1 saturated heterocycles. The van der Waals surface area contributed by atoms with E-state index in [1.54, 1.807) is 11.0 Å². The summed E-state index contributed by atoms with van der Waals surface area (Å²) in [5.74, 6) is 0.180. The molecule has 1 unspecified atom stereocenters. The number of Topliss-reactive ketones (excluding diaryl/α,β-unsaturated/α-hetero) is 1. The second-order valence-electron chi connectivity index (χ2n) is 3.70. The lowest BCUT2D eigenvalue weighted by molar-refractivity contribution is -0.117. The van der Waals surface area contributed by atoms with Crippen molar-refractivity contribution in [1.29, 1.82) is 0 Å². The molecule has 1 fully saturated rings. The van der Waals surface area contributed by atoms with Crippen molar-refractivity contribution in [3.05, 3.63) is 29.8 Å². The van der Waals surface area contributed by atoms with Crippen LogP contribution in [0.15, 0.2) is 24.3 Å². The summed E-state index contributed by atoms with van der Waals surface area (Å²) in [7, 11) is 0. The third-order valence-corrected chi connectivity index (χ3v) is 2.94. The quantitative estimate of drug-likeness (QED) is 0.615. The van der Waals surface area contributed by atoms with Gasteiger partial charge in [0.1, 0.15) is 6.04 Å². The second-order valence-corrected chi connectivity index (χ2v) is 3.70. The number of fused-ring (bicyclic) bond motifs is 3. The van der Waals surface area contributed by atoms with Gasteiger partial charge in [-0.25, -0.2) is 0 Å². The van der Waals surface area contributed by atoms with E-state index < -0.39 is 0 Å². The summed E-state index contributed by atoms with van der Waals surface area (Å²) in [5.41, 5.74) is 1.50. The molecular formula is C11H9NO2. The Hall–Kier alpha value is -1.64. The Labute approximate surface area is 81.3 Å². The molecule has 0 saturated carbocycles. The van der Waals surface area contributed by atoms with Crippen LogP contribution in [-0.2, 0) is 4.79 Å². The molecule has 0 aliphatic carbocycles. The number of anilines is 1. The van der Waals surface area contributed by atoms with E-state index in [-0.39, 0.29) is 17.7 Å².